The fourth-order valence-electron chi connectivity index (χ4n) is 3.87. The quantitative estimate of drug-likeness (QED) is 0.256. The van der Waals surface area contributed by atoms with Crippen molar-refractivity contribution in [2.24, 2.45) is 0 Å². The normalized spacial score (nSPS) is 10.9. The maximum absolute atomic E-state index is 4.58. The Hall–Kier alpha value is -2.72. The number of benzene rings is 2. The Kier molecular flexibility index (Phi) is 10.7. The van der Waals surface area contributed by atoms with Crippen molar-refractivity contribution in [3.63, 3.8) is 0 Å². The van der Waals surface area contributed by atoms with Gasteiger partial charge in [0, 0.05) is 17.7 Å². The molecule has 2 N–H and O–H groups in total. The molecule has 4 heteroatoms. The molecule has 0 radical (unpaired) electrons. The minimum Gasteiger partial charge on any atom is -0.369 e. The van der Waals surface area contributed by atoms with E-state index in [1.54, 1.807) is 0 Å². The Morgan fingerprint density at radius 1 is 0.625 bits per heavy atom. The number of rotatable bonds is 15. The Morgan fingerprint density at radius 2 is 1.22 bits per heavy atom. The Bertz CT molecular complexity index is 880. The van der Waals surface area contributed by atoms with Crippen LogP contribution in [0, 0.1) is 0 Å². The summed E-state index contributed by atoms with van der Waals surface area (Å²) in [4.78, 5) is 0. The minimum atomic E-state index is 0.841. The second-order valence-corrected chi connectivity index (χ2v) is 8.38. The monoisotopic (exact) mass is 430 g/mol. The highest BCUT2D eigenvalue weighted by Crippen LogP contribution is 2.31. The molecule has 1 heterocycles. The highest BCUT2D eigenvalue weighted by Gasteiger charge is 2.11. The molecule has 0 fully saturated rings. The molecule has 0 unspecified atom stereocenters. The van der Waals surface area contributed by atoms with Crippen molar-refractivity contribution < 1.29 is 0 Å². The fourth-order valence-corrected chi connectivity index (χ4v) is 3.87. The van der Waals surface area contributed by atoms with Gasteiger partial charge in [0.05, 0.1) is 0 Å². The van der Waals surface area contributed by atoms with Gasteiger partial charge in [-0.3, -0.25) is 0 Å². The van der Waals surface area contributed by atoms with Gasteiger partial charge in [-0.15, -0.1) is 10.2 Å². The van der Waals surface area contributed by atoms with Crippen LogP contribution in [-0.4, -0.2) is 29.8 Å². The highest BCUT2D eigenvalue weighted by atomic mass is 15.2. The summed E-state index contributed by atoms with van der Waals surface area (Å²) in [6, 6.07) is 22.8. The first-order chi connectivity index (χ1) is 15.9. The summed E-state index contributed by atoms with van der Waals surface area (Å²) in [5, 5.41) is 16.1. The smallest absolute Gasteiger partial charge is 0.149 e. The van der Waals surface area contributed by atoms with E-state index < -0.39 is 0 Å². The van der Waals surface area contributed by atoms with Gasteiger partial charge in [-0.25, -0.2) is 0 Å². The van der Waals surface area contributed by atoms with E-state index >= 15 is 0 Å². The van der Waals surface area contributed by atoms with E-state index in [-0.39, 0.29) is 0 Å². The Labute approximate surface area is 193 Å². The number of hydrogen-bond donors (Lipinski definition) is 2. The van der Waals surface area contributed by atoms with Crippen LogP contribution in [0.15, 0.2) is 66.7 Å². The van der Waals surface area contributed by atoms with E-state index in [2.05, 4.69) is 70.2 Å². The first-order valence-electron chi connectivity index (χ1n) is 12.3. The summed E-state index contributed by atoms with van der Waals surface area (Å²) in [6.45, 7) is 5.47. The van der Waals surface area contributed by atoms with E-state index in [4.69, 9.17) is 0 Å². The molecule has 0 atom stereocenters. The van der Waals surface area contributed by atoms with E-state index in [0.717, 1.165) is 54.3 Å². The van der Waals surface area contributed by atoms with Crippen LogP contribution in [0.1, 0.15) is 58.3 Å². The highest BCUT2D eigenvalue weighted by molar-refractivity contribution is 5.81. The summed E-state index contributed by atoms with van der Waals surface area (Å²) in [7, 11) is 0. The molecule has 4 nitrogen and oxygen atoms in total. The van der Waals surface area contributed by atoms with E-state index in [1.807, 2.05) is 24.3 Å². The summed E-state index contributed by atoms with van der Waals surface area (Å²) in [5.41, 5.74) is 4.27. The standard InChI is InChI=1S/C28H38N4/c1-2-3-4-5-13-20-29-21-14-8-15-22-30-27-23-26(24-16-9-6-10-17-24)28(32-31-27)25-18-11-7-12-19-25/h6-7,9-12,16-19,23,29H,2-5,8,13-15,20-22H2,1H3,(H,30,31). The van der Waals surface area contributed by atoms with Crippen LogP contribution in [0.3, 0.4) is 0 Å². The van der Waals surface area contributed by atoms with Gasteiger partial charge in [0.1, 0.15) is 11.5 Å². The minimum absolute atomic E-state index is 0.841. The Balaban J connectivity index is 1.44. The van der Waals surface area contributed by atoms with Gasteiger partial charge in [0.25, 0.3) is 0 Å². The maximum Gasteiger partial charge on any atom is 0.149 e. The molecule has 32 heavy (non-hydrogen) atoms. The van der Waals surface area contributed by atoms with Crippen LogP contribution in [0.25, 0.3) is 22.4 Å². The lowest BCUT2D eigenvalue weighted by molar-refractivity contribution is 0.562. The topological polar surface area (TPSA) is 49.8 Å². The van der Waals surface area contributed by atoms with Crippen molar-refractivity contribution in [3.8, 4) is 22.4 Å². The van der Waals surface area contributed by atoms with Crippen molar-refractivity contribution in [2.75, 3.05) is 25.0 Å². The van der Waals surface area contributed by atoms with Crippen LogP contribution in [-0.2, 0) is 0 Å². The lowest BCUT2D eigenvalue weighted by Gasteiger charge is -2.12. The predicted molar refractivity (Wildman–Crippen MR) is 137 cm³/mol. The number of anilines is 1. The van der Waals surface area contributed by atoms with Crippen molar-refractivity contribution in [1.29, 1.82) is 0 Å². The van der Waals surface area contributed by atoms with Crippen LogP contribution >= 0.6 is 0 Å². The second kappa shape index (κ2) is 14.4. The Morgan fingerprint density at radius 3 is 1.91 bits per heavy atom. The molecule has 1 aromatic heterocycles. The number of hydrogen-bond acceptors (Lipinski definition) is 4. The third-order valence-corrected chi connectivity index (χ3v) is 5.72. The van der Waals surface area contributed by atoms with Gasteiger partial charge in [-0.1, -0.05) is 99.7 Å². The zero-order chi connectivity index (χ0) is 22.3. The van der Waals surface area contributed by atoms with Gasteiger partial charge >= 0.3 is 0 Å². The summed E-state index contributed by atoms with van der Waals surface area (Å²) in [6.07, 6.45) is 10.3. The van der Waals surface area contributed by atoms with Gasteiger partial charge in [-0.05, 0) is 44.0 Å². The molecule has 0 saturated heterocycles. The van der Waals surface area contributed by atoms with Crippen molar-refractivity contribution in [1.82, 2.24) is 15.5 Å². The molecular formula is C28H38N4. The molecule has 0 aliphatic carbocycles. The molecule has 3 rings (SSSR count). The largest absolute Gasteiger partial charge is 0.369 e. The maximum atomic E-state index is 4.58. The lowest BCUT2D eigenvalue weighted by Crippen LogP contribution is -2.16. The lowest BCUT2D eigenvalue weighted by atomic mass is 10.00. The SMILES string of the molecule is CCCCCCCNCCCCCNc1cc(-c2ccccc2)c(-c2ccccc2)nn1. The predicted octanol–water partition coefficient (Wildman–Crippen LogP) is 6.95. The molecule has 0 amide bonds. The van der Waals surface area contributed by atoms with E-state index in [0.29, 0.717) is 0 Å². The number of unbranched alkanes of at least 4 members (excludes halogenated alkanes) is 6. The van der Waals surface area contributed by atoms with Crippen molar-refractivity contribution >= 4 is 5.82 Å². The van der Waals surface area contributed by atoms with Crippen LogP contribution < -0.4 is 10.6 Å². The molecule has 0 spiro atoms. The third kappa shape index (κ3) is 8.08. The van der Waals surface area contributed by atoms with E-state index in [9.17, 15) is 0 Å². The van der Waals surface area contributed by atoms with Gasteiger partial charge in [-0.2, -0.15) is 0 Å². The fraction of sp³-hybridized carbons (Fsp3) is 0.429. The van der Waals surface area contributed by atoms with Crippen molar-refractivity contribution in [3.05, 3.63) is 66.7 Å². The second-order valence-electron chi connectivity index (χ2n) is 8.38. The molecular weight excluding hydrogens is 392 g/mol. The molecule has 3 aromatic rings. The molecule has 170 valence electrons. The first kappa shape index (κ1) is 23.9. The molecule has 0 bridgehead atoms. The third-order valence-electron chi connectivity index (χ3n) is 5.72. The van der Waals surface area contributed by atoms with Crippen LogP contribution in [0.4, 0.5) is 5.82 Å². The van der Waals surface area contributed by atoms with Crippen LogP contribution in [0.5, 0.6) is 0 Å². The molecule has 0 aliphatic rings. The number of aromatic nitrogens is 2. The number of nitrogens with one attached hydrogen (secondary N) is 2. The average molecular weight is 431 g/mol. The summed E-state index contributed by atoms with van der Waals surface area (Å²) in [5.74, 6) is 0.841. The summed E-state index contributed by atoms with van der Waals surface area (Å²) < 4.78 is 0. The molecule has 0 aliphatic heterocycles. The first-order valence-corrected chi connectivity index (χ1v) is 12.3. The molecule has 2 aromatic carbocycles. The zero-order valence-electron chi connectivity index (χ0n) is 19.5. The summed E-state index contributed by atoms with van der Waals surface area (Å²) >= 11 is 0. The van der Waals surface area contributed by atoms with Crippen LogP contribution in [0.2, 0.25) is 0 Å². The van der Waals surface area contributed by atoms with Gasteiger partial charge < -0.3 is 10.6 Å². The van der Waals surface area contributed by atoms with Crippen molar-refractivity contribution in [2.45, 2.75) is 58.3 Å². The van der Waals surface area contributed by atoms with Gasteiger partial charge in [0.15, 0.2) is 0 Å². The van der Waals surface area contributed by atoms with E-state index in [1.165, 1.54) is 44.9 Å². The average Bonchev–Trinajstić information content (AvgIpc) is 2.86. The number of nitrogens with zero attached hydrogens (tertiary/aromatic N) is 2. The van der Waals surface area contributed by atoms with Gasteiger partial charge in [0.2, 0.25) is 0 Å². The molecule has 0 saturated carbocycles. The zero-order valence-corrected chi connectivity index (χ0v) is 19.5.